The number of amides is 1. The average Bonchev–Trinajstić information content (AvgIpc) is 3.30. The minimum Gasteiger partial charge on any atom is -0.361 e. The van der Waals surface area contributed by atoms with Crippen molar-refractivity contribution >= 4 is 16.8 Å². The topological polar surface area (TPSA) is 65.1 Å². The van der Waals surface area contributed by atoms with Crippen molar-refractivity contribution in [2.45, 2.75) is 24.9 Å². The SMILES string of the molecule is CN(C)C(=O)C1(c2cnccn2)CCCN1Cc1cccc2[nH]ccc12. The lowest BCUT2D eigenvalue weighted by molar-refractivity contribution is -0.141. The molecular weight excluding hydrogens is 326 g/mol. The van der Waals surface area contributed by atoms with Crippen molar-refractivity contribution in [1.29, 1.82) is 0 Å². The number of H-pyrrole nitrogens is 1. The lowest BCUT2D eigenvalue weighted by Crippen LogP contribution is -2.52. The van der Waals surface area contributed by atoms with Crippen LogP contribution in [0.15, 0.2) is 49.1 Å². The van der Waals surface area contributed by atoms with Gasteiger partial charge in [0.2, 0.25) is 5.91 Å². The summed E-state index contributed by atoms with van der Waals surface area (Å²) in [6, 6.07) is 8.36. The second-order valence-corrected chi connectivity index (χ2v) is 7.03. The van der Waals surface area contributed by atoms with Gasteiger partial charge in [0.05, 0.1) is 11.9 Å². The summed E-state index contributed by atoms with van der Waals surface area (Å²) >= 11 is 0. The van der Waals surface area contributed by atoms with Gasteiger partial charge in [-0.05, 0) is 37.1 Å². The molecule has 6 heteroatoms. The zero-order valence-electron chi connectivity index (χ0n) is 15.1. The van der Waals surface area contributed by atoms with E-state index in [9.17, 15) is 4.79 Å². The predicted octanol–water partition coefficient (Wildman–Crippen LogP) is 2.54. The summed E-state index contributed by atoms with van der Waals surface area (Å²) < 4.78 is 0. The lowest BCUT2D eigenvalue weighted by Gasteiger charge is -2.38. The van der Waals surface area contributed by atoms with Gasteiger partial charge in [0.1, 0.15) is 5.54 Å². The molecule has 26 heavy (non-hydrogen) atoms. The molecule has 3 heterocycles. The maximum absolute atomic E-state index is 13.3. The standard InChI is InChI=1S/C20H23N5O/c1-24(2)19(26)20(18-13-21-10-11-23-18)8-4-12-25(20)14-15-5-3-6-17-16(15)7-9-22-17/h3,5-7,9-11,13,22H,4,8,12,14H2,1-2H3. The Bertz CT molecular complexity index is 920. The Labute approximate surface area is 152 Å². The van der Waals surface area contributed by atoms with E-state index >= 15 is 0 Å². The molecule has 0 saturated carbocycles. The second-order valence-electron chi connectivity index (χ2n) is 7.03. The first-order valence-corrected chi connectivity index (χ1v) is 8.91. The van der Waals surface area contributed by atoms with Crippen LogP contribution in [0.1, 0.15) is 24.1 Å². The van der Waals surface area contributed by atoms with E-state index < -0.39 is 5.54 Å². The van der Waals surface area contributed by atoms with E-state index in [0.717, 1.165) is 30.6 Å². The lowest BCUT2D eigenvalue weighted by atomic mass is 9.89. The Hall–Kier alpha value is -2.73. The van der Waals surface area contributed by atoms with Crippen LogP contribution < -0.4 is 0 Å². The fraction of sp³-hybridized carbons (Fsp3) is 0.350. The number of hydrogen-bond donors (Lipinski definition) is 1. The largest absolute Gasteiger partial charge is 0.361 e. The fourth-order valence-electron chi connectivity index (χ4n) is 4.11. The molecule has 1 N–H and O–H groups in total. The van der Waals surface area contributed by atoms with Crippen LogP contribution in [0.5, 0.6) is 0 Å². The molecule has 134 valence electrons. The summed E-state index contributed by atoms with van der Waals surface area (Å²) in [5.74, 6) is 0.0664. The monoisotopic (exact) mass is 349 g/mol. The molecule has 0 aliphatic carbocycles. The van der Waals surface area contributed by atoms with Crippen LogP contribution >= 0.6 is 0 Å². The van der Waals surface area contributed by atoms with Crippen molar-refractivity contribution in [3.63, 3.8) is 0 Å². The molecule has 1 unspecified atom stereocenters. The van der Waals surface area contributed by atoms with E-state index in [1.54, 1.807) is 23.5 Å². The number of likely N-dealkylation sites (tertiary alicyclic amines) is 1. The van der Waals surface area contributed by atoms with Crippen molar-refractivity contribution in [2.75, 3.05) is 20.6 Å². The van der Waals surface area contributed by atoms with Crippen LogP contribution in [-0.4, -0.2) is 51.3 Å². The summed E-state index contributed by atoms with van der Waals surface area (Å²) in [4.78, 5) is 29.2. The highest BCUT2D eigenvalue weighted by molar-refractivity contribution is 5.87. The van der Waals surface area contributed by atoms with Gasteiger partial charge in [-0.2, -0.15) is 0 Å². The number of aromatic nitrogens is 3. The number of nitrogens with one attached hydrogen (secondary N) is 1. The molecular formula is C20H23N5O. The number of likely N-dealkylation sites (N-methyl/N-ethyl adjacent to an activating group) is 1. The van der Waals surface area contributed by atoms with Crippen LogP contribution in [0.25, 0.3) is 10.9 Å². The van der Waals surface area contributed by atoms with Gasteiger partial charge in [0.25, 0.3) is 0 Å². The minimum absolute atomic E-state index is 0.0664. The van der Waals surface area contributed by atoms with Gasteiger partial charge in [-0.15, -0.1) is 0 Å². The summed E-state index contributed by atoms with van der Waals surface area (Å²) in [5.41, 5.74) is 2.31. The minimum atomic E-state index is -0.754. The Morgan fingerprint density at radius 1 is 1.31 bits per heavy atom. The van der Waals surface area contributed by atoms with Gasteiger partial charge < -0.3 is 9.88 Å². The highest BCUT2D eigenvalue weighted by Gasteiger charge is 2.50. The molecule has 0 radical (unpaired) electrons. The molecule has 4 rings (SSSR count). The molecule has 6 nitrogen and oxygen atoms in total. The summed E-state index contributed by atoms with van der Waals surface area (Å²) in [5, 5.41) is 1.20. The van der Waals surface area contributed by atoms with Gasteiger partial charge in [-0.3, -0.25) is 19.7 Å². The van der Waals surface area contributed by atoms with Gasteiger partial charge in [0, 0.05) is 50.1 Å². The quantitative estimate of drug-likeness (QED) is 0.786. The Kier molecular flexibility index (Phi) is 4.20. The van der Waals surface area contributed by atoms with Crippen LogP contribution in [0.2, 0.25) is 0 Å². The van der Waals surface area contributed by atoms with Crippen molar-refractivity contribution in [2.24, 2.45) is 0 Å². The summed E-state index contributed by atoms with van der Waals surface area (Å²) in [7, 11) is 3.62. The van der Waals surface area contributed by atoms with Crippen molar-refractivity contribution in [3.05, 3.63) is 60.3 Å². The maximum atomic E-state index is 13.3. The van der Waals surface area contributed by atoms with E-state index in [0.29, 0.717) is 6.54 Å². The Morgan fingerprint density at radius 3 is 2.96 bits per heavy atom. The third kappa shape index (κ3) is 2.57. The molecule has 2 aromatic heterocycles. The summed E-state index contributed by atoms with van der Waals surface area (Å²) in [6.45, 7) is 1.56. The molecule has 1 aliphatic heterocycles. The second kappa shape index (κ2) is 6.53. The van der Waals surface area contributed by atoms with Gasteiger partial charge in [-0.25, -0.2) is 0 Å². The summed E-state index contributed by atoms with van der Waals surface area (Å²) in [6.07, 6.45) is 8.72. The number of rotatable bonds is 4. The van der Waals surface area contributed by atoms with Crippen molar-refractivity contribution in [3.8, 4) is 0 Å². The van der Waals surface area contributed by atoms with E-state index in [4.69, 9.17) is 0 Å². The first-order chi connectivity index (χ1) is 12.6. The number of carbonyl (C=O) groups excluding carboxylic acids is 1. The predicted molar refractivity (Wildman–Crippen MR) is 100 cm³/mol. The zero-order valence-corrected chi connectivity index (χ0v) is 15.1. The highest BCUT2D eigenvalue weighted by Crippen LogP contribution is 2.40. The smallest absolute Gasteiger partial charge is 0.248 e. The number of fused-ring (bicyclic) bond motifs is 1. The fourth-order valence-corrected chi connectivity index (χ4v) is 4.11. The van der Waals surface area contributed by atoms with Crippen LogP contribution in [0, 0.1) is 0 Å². The molecule has 1 aliphatic rings. The van der Waals surface area contributed by atoms with Crippen molar-refractivity contribution < 1.29 is 4.79 Å². The molecule has 1 fully saturated rings. The molecule has 1 amide bonds. The number of hydrogen-bond acceptors (Lipinski definition) is 4. The molecule has 1 saturated heterocycles. The Balaban J connectivity index is 1.78. The van der Waals surface area contributed by atoms with E-state index in [1.807, 2.05) is 20.3 Å². The number of nitrogens with zero attached hydrogens (tertiary/aromatic N) is 4. The Morgan fingerprint density at radius 2 is 2.19 bits per heavy atom. The van der Waals surface area contributed by atoms with E-state index in [1.165, 1.54) is 10.9 Å². The third-order valence-corrected chi connectivity index (χ3v) is 5.30. The maximum Gasteiger partial charge on any atom is 0.248 e. The molecule has 0 bridgehead atoms. The molecule has 1 atom stereocenters. The van der Waals surface area contributed by atoms with E-state index in [2.05, 4.69) is 44.1 Å². The third-order valence-electron chi connectivity index (χ3n) is 5.30. The van der Waals surface area contributed by atoms with Gasteiger partial charge in [0.15, 0.2) is 0 Å². The van der Waals surface area contributed by atoms with Crippen molar-refractivity contribution in [1.82, 2.24) is 24.8 Å². The van der Waals surface area contributed by atoms with E-state index in [-0.39, 0.29) is 5.91 Å². The molecule has 0 spiro atoms. The van der Waals surface area contributed by atoms with Crippen LogP contribution in [0.3, 0.4) is 0 Å². The van der Waals surface area contributed by atoms with Crippen LogP contribution in [-0.2, 0) is 16.9 Å². The average molecular weight is 349 g/mol. The van der Waals surface area contributed by atoms with Gasteiger partial charge in [-0.1, -0.05) is 12.1 Å². The zero-order chi connectivity index (χ0) is 18.1. The highest BCUT2D eigenvalue weighted by atomic mass is 16.2. The van der Waals surface area contributed by atoms with Crippen LogP contribution in [0.4, 0.5) is 0 Å². The first kappa shape index (κ1) is 16.7. The van der Waals surface area contributed by atoms with Gasteiger partial charge >= 0.3 is 0 Å². The number of benzene rings is 1. The molecule has 1 aromatic carbocycles. The normalized spacial score (nSPS) is 20.5. The first-order valence-electron chi connectivity index (χ1n) is 8.91. The number of carbonyl (C=O) groups is 1. The molecule has 3 aromatic rings. The number of aromatic amines is 1.